The van der Waals surface area contributed by atoms with Gasteiger partial charge in [-0.3, -0.25) is 4.90 Å². The Hall–Kier alpha value is -0.0400. The van der Waals surface area contributed by atoms with E-state index in [1.165, 1.54) is 64.5 Å². The lowest BCUT2D eigenvalue weighted by atomic mass is 9.77. The summed E-state index contributed by atoms with van der Waals surface area (Å²) in [7, 11) is 0. The number of nitrogens with zero attached hydrogens (tertiary/aromatic N) is 1. The number of hydrogen-bond acceptors (Lipinski definition) is 1. The summed E-state index contributed by atoms with van der Waals surface area (Å²) in [5, 5.41) is 0. The maximum atomic E-state index is 2.80. The van der Waals surface area contributed by atoms with Gasteiger partial charge in [0.2, 0.25) is 0 Å². The Kier molecular flexibility index (Phi) is 3.48. The smallest absolute Gasteiger partial charge is 0.0207 e. The molecule has 1 aliphatic carbocycles. The van der Waals surface area contributed by atoms with Crippen LogP contribution in [0.3, 0.4) is 0 Å². The molecule has 1 nitrogen and oxygen atoms in total. The quantitative estimate of drug-likeness (QED) is 0.651. The first-order chi connectivity index (χ1) is 6.87. The second kappa shape index (κ2) is 4.65. The van der Waals surface area contributed by atoms with Gasteiger partial charge in [0.15, 0.2) is 0 Å². The van der Waals surface area contributed by atoms with Gasteiger partial charge in [0.1, 0.15) is 0 Å². The van der Waals surface area contributed by atoms with Crippen molar-refractivity contribution in [2.24, 2.45) is 0 Å². The van der Waals surface area contributed by atoms with Gasteiger partial charge in [0.05, 0.1) is 0 Å². The molecule has 2 rings (SSSR count). The second-order valence-electron chi connectivity index (χ2n) is 4.99. The van der Waals surface area contributed by atoms with Crippen LogP contribution in [0.25, 0.3) is 0 Å². The van der Waals surface area contributed by atoms with Crippen molar-refractivity contribution < 1.29 is 0 Å². The minimum atomic E-state index is 0.604. The van der Waals surface area contributed by atoms with Crippen LogP contribution < -0.4 is 0 Å². The predicted octanol–water partition coefficient (Wildman–Crippen LogP) is 3.40. The zero-order valence-corrected chi connectivity index (χ0v) is 9.60. The summed E-state index contributed by atoms with van der Waals surface area (Å²) < 4.78 is 0. The standard InChI is InChI=1S/C13H24N/c1-2-13(9-5-3-6-10-13)14-11-7-4-8-12-14/h4H,2-3,5-12H2,1H3. The van der Waals surface area contributed by atoms with Crippen molar-refractivity contribution in [1.29, 1.82) is 0 Å². The Morgan fingerprint density at radius 1 is 1.07 bits per heavy atom. The van der Waals surface area contributed by atoms with E-state index < -0.39 is 0 Å². The molecular formula is C13H24N. The molecule has 0 bridgehead atoms. The van der Waals surface area contributed by atoms with Crippen LogP contribution in [0.4, 0.5) is 0 Å². The van der Waals surface area contributed by atoms with Gasteiger partial charge in [-0.2, -0.15) is 0 Å². The largest absolute Gasteiger partial charge is 0.298 e. The highest BCUT2D eigenvalue weighted by molar-refractivity contribution is 4.94. The molecule has 0 aromatic heterocycles. The van der Waals surface area contributed by atoms with Gasteiger partial charge >= 0.3 is 0 Å². The third kappa shape index (κ3) is 1.98. The fourth-order valence-electron chi connectivity index (χ4n) is 3.33. The number of likely N-dealkylation sites (tertiary alicyclic amines) is 1. The van der Waals surface area contributed by atoms with Crippen molar-refractivity contribution in [3.05, 3.63) is 6.42 Å². The first kappa shape index (κ1) is 10.5. The Morgan fingerprint density at radius 3 is 2.29 bits per heavy atom. The Labute approximate surface area is 88.9 Å². The molecule has 0 N–H and O–H groups in total. The van der Waals surface area contributed by atoms with Crippen molar-refractivity contribution in [2.75, 3.05) is 13.1 Å². The SMILES string of the molecule is CCC1(N2CC[CH]CC2)CCCCC1. The van der Waals surface area contributed by atoms with Crippen molar-refractivity contribution in [3.63, 3.8) is 0 Å². The van der Waals surface area contributed by atoms with Gasteiger partial charge in [-0.05, 0) is 51.6 Å². The third-order valence-electron chi connectivity index (χ3n) is 4.32. The molecule has 2 fully saturated rings. The summed E-state index contributed by atoms with van der Waals surface area (Å²) in [5.74, 6) is 0. The Morgan fingerprint density at radius 2 is 1.71 bits per heavy atom. The highest BCUT2D eigenvalue weighted by Gasteiger charge is 2.36. The molecule has 1 saturated carbocycles. The zero-order valence-electron chi connectivity index (χ0n) is 9.60. The molecule has 0 atom stereocenters. The van der Waals surface area contributed by atoms with Crippen LogP contribution in [0.2, 0.25) is 0 Å². The van der Waals surface area contributed by atoms with Crippen LogP contribution in [-0.2, 0) is 0 Å². The van der Waals surface area contributed by atoms with Crippen molar-refractivity contribution >= 4 is 0 Å². The highest BCUT2D eigenvalue weighted by atomic mass is 15.2. The monoisotopic (exact) mass is 194 g/mol. The number of rotatable bonds is 2. The predicted molar refractivity (Wildman–Crippen MR) is 61.2 cm³/mol. The molecule has 1 radical (unpaired) electrons. The normalized spacial score (nSPS) is 28.9. The first-order valence-corrected chi connectivity index (χ1v) is 6.44. The van der Waals surface area contributed by atoms with Crippen LogP contribution in [0.1, 0.15) is 58.3 Å². The van der Waals surface area contributed by atoms with Crippen molar-refractivity contribution in [1.82, 2.24) is 4.90 Å². The molecule has 0 spiro atoms. The maximum absolute atomic E-state index is 2.80. The van der Waals surface area contributed by atoms with Crippen LogP contribution >= 0.6 is 0 Å². The summed E-state index contributed by atoms with van der Waals surface area (Å²) in [5.41, 5.74) is 0.604. The molecule has 1 aliphatic heterocycles. The minimum absolute atomic E-state index is 0.604. The lowest BCUT2D eigenvalue weighted by Crippen LogP contribution is -2.51. The zero-order chi connectivity index (χ0) is 9.86. The van der Waals surface area contributed by atoms with Crippen molar-refractivity contribution in [2.45, 2.75) is 63.8 Å². The van der Waals surface area contributed by atoms with E-state index in [0.29, 0.717) is 5.54 Å². The molecule has 1 heteroatoms. The third-order valence-corrected chi connectivity index (χ3v) is 4.32. The molecule has 0 unspecified atom stereocenters. The van der Waals surface area contributed by atoms with Crippen LogP contribution in [0.15, 0.2) is 0 Å². The van der Waals surface area contributed by atoms with Crippen LogP contribution in [-0.4, -0.2) is 23.5 Å². The number of piperidine rings is 1. The number of hydrogen-bond donors (Lipinski definition) is 0. The fourth-order valence-corrected chi connectivity index (χ4v) is 3.33. The van der Waals surface area contributed by atoms with E-state index in [1.807, 2.05) is 0 Å². The Bertz CT molecular complexity index is 164. The highest BCUT2D eigenvalue weighted by Crippen LogP contribution is 2.37. The fraction of sp³-hybridized carbons (Fsp3) is 0.923. The summed E-state index contributed by atoms with van der Waals surface area (Å²) in [4.78, 5) is 2.80. The Balaban J connectivity index is 2.01. The van der Waals surface area contributed by atoms with Gasteiger partial charge in [0.25, 0.3) is 0 Å². The topological polar surface area (TPSA) is 3.24 Å². The molecule has 1 heterocycles. The molecule has 0 aromatic rings. The van der Waals surface area contributed by atoms with Crippen LogP contribution in [0, 0.1) is 6.42 Å². The maximum Gasteiger partial charge on any atom is 0.0207 e. The summed E-state index contributed by atoms with van der Waals surface area (Å²) in [6, 6.07) is 0. The second-order valence-corrected chi connectivity index (χ2v) is 4.99. The van der Waals surface area contributed by atoms with E-state index in [1.54, 1.807) is 0 Å². The summed E-state index contributed by atoms with van der Waals surface area (Å²) in [6.45, 7) is 5.05. The van der Waals surface area contributed by atoms with Crippen molar-refractivity contribution in [3.8, 4) is 0 Å². The van der Waals surface area contributed by atoms with E-state index in [-0.39, 0.29) is 0 Å². The van der Waals surface area contributed by atoms with E-state index in [4.69, 9.17) is 0 Å². The molecule has 0 amide bonds. The molecule has 2 aliphatic rings. The van der Waals surface area contributed by atoms with Gasteiger partial charge in [-0.25, -0.2) is 0 Å². The van der Waals surface area contributed by atoms with Gasteiger partial charge < -0.3 is 0 Å². The summed E-state index contributed by atoms with van der Waals surface area (Å²) >= 11 is 0. The van der Waals surface area contributed by atoms with E-state index in [9.17, 15) is 0 Å². The molecule has 1 saturated heterocycles. The van der Waals surface area contributed by atoms with E-state index in [0.717, 1.165) is 0 Å². The summed E-state index contributed by atoms with van der Waals surface area (Å²) in [6.07, 6.45) is 13.8. The molecule has 81 valence electrons. The first-order valence-electron chi connectivity index (χ1n) is 6.44. The lowest BCUT2D eigenvalue weighted by Gasteiger charge is -2.48. The van der Waals surface area contributed by atoms with Gasteiger partial charge in [-0.1, -0.05) is 26.2 Å². The van der Waals surface area contributed by atoms with Gasteiger partial charge in [-0.15, -0.1) is 0 Å². The molecule has 0 aromatic carbocycles. The lowest BCUT2D eigenvalue weighted by molar-refractivity contribution is 0.0385. The molecular weight excluding hydrogens is 170 g/mol. The average Bonchev–Trinajstić information content (AvgIpc) is 2.31. The molecule has 14 heavy (non-hydrogen) atoms. The van der Waals surface area contributed by atoms with E-state index >= 15 is 0 Å². The minimum Gasteiger partial charge on any atom is -0.298 e. The average molecular weight is 194 g/mol. The van der Waals surface area contributed by atoms with E-state index in [2.05, 4.69) is 18.2 Å². The van der Waals surface area contributed by atoms with Crippen LogP contribution in [0.5, 0.6) is 0 Å². The van der Waals surface area contributed by atoms with Gasteiger partial charge in [0, 0.05) is 5.54 Å².